The van der Waals surface area contributed by atoms with Crippen molar-refractivity contribution >= 4 is 23.4 Å². The van der Waals surface area contributed by atoms with Gasteiger partial charge < -0.3 is 19.6 Å². The van der Waals surface area contributed by atoms with E-state index >= 15 is 0 Å². The Bertz CT molecular complexity index is 995. The van der Waals surface area contributed by atoms with Gasteiger partial charge in [0.05, 0.1) is 19.3 Å². The summed E-state index contributed by atoms with van der Waals surface area (Å²) in [5.74, 6) is -0.847. The fourth-order valence-corrected chi connectivity index (χ4v) is 4.43. The molecule has 0 saturated carbocycles. The number of aliphatic hydroxyl groups is 1. The zero-order valence-electron chi connectivity index (χ0n) is 17.7. The van der Waals surface area contributed by atoms with Crippen molar-refractivity contribution in [2.45, 2.75) is 12.1 Å². The molecule has 2 heterocycles. The van der Waals surface area contributed by atoms with Crippen molar-refractivity contribution < 1.29 is 23.8 Å². The number of nitrogens with zero attached hydrogens (tertiary/aromatic N) is 3. The third-order valence-electron chi connectivity index (χ3n) is 6.11. The number of likely N-dealkylation sites (tertiary alicyclic amines) is 1. The number of benzene rings is 2. The van der Waals surface area contributed by atoms with E-state index < -0.39 is 11.9 Å². The minimum atomic E-state index is -0.695. The molecule has 2 aliphatic heterocycles. The van der Waals surface area contributed by atoms with Crippen LogP contribution < -0.4 is 4.74 Å². The van der Waals surface area contributed by atoms with Crippen molar-refractivity contribution in [3.8, 4) is 5.75 Å². The van der Waals surface area contributed by atoms with Gasteiger partial charge in [-0.25, -0.2) is 4.39 Å². The van der Waals surface area contributed by atoms with Crippen molar-refractivity contribution in [1.82, 2.24) is 14.7 Å². The molecule has 0 radical (unpaired) electrons. The lowest BCUT2D eigenvalue weighted by atomic mass is 10.1. The molecule has 2 aliphatic rings. The van der Waals surface area contributed by atoms with Crippen LogP contribution in [0.15, 0.2) is 42.5 Å². The van der Waals surface area contributed by atoms with Crippen LogP contribution in [0.2, 0.25) is 5.02 Å². The zero-order valence-corrected chi connectivity index (χ0v) is 18.5. The minimum absolute atomic E-state index is 0.00798. The van der Waals surface area contributed by atoms with E-state index in [9.17, 15) is 19.1 Å². The molecule has 2 atom stereocenters. The smallest absolute Gasteiger partial charge is 0.254 e. The van der Waals surface area contributed by atoms with E-state index in [0.717, 1.165) is 0 Å². The SMILES string of the molecule is COc1cc(C(=O)N2CC(O)C(N3CCN(C(=O)c4ccc(Cl)cc4)CC3)C2)ccc1F. The van der Waals surface area contributed by atoms with Gasteiger partial charge in [0.25, 0.3) is 11.8 Å². The van der Waals surface area contributed by atoms with Gasteiger partial charge in [0.15, 0.2) is 11.6 Å². The Morgan fingerprint density at radius 2 is 1.59 bits per heavy atom. The topological polar surface area (TPSA) is 73.3 Å². The number of carbonyl (C=O) groups is 2. The number of rotatable bonds is 4. The van der Waals surface area contributed by atoms with E-state index in [1.54, 1.807) is 34.1 Å². The van der Waals surface area contributed by atoms with Crippen molar-refractivity contribution in [3.05, 3.63) is 64.4 Å². The molecule has 7 nitrogen and oxygen atoms in total. The predicted molar refractivity (Wildman–Crippen MR) is 118 cm³/mol. The van der Waals surface area contributed by atoms with Crippen molar-refractivity contribution in [2.75, 3.05) is 46.4 Å². The Hall–Kier alpha value is -2.68. The van der Waals surface area contributed by atoms with E-state index in [-0.39, 0.29) is 30.2 Å². The van der Waals surface area contributed by atoms with Crippen LogP contribution >= 0.6 is 11.6 Å². The third-order valence-corrected chi connectivity index (χ3v) is 6.36. The summed E-state index contributed by atoms with van der Waals surface area (Å²) in [6, 6.07) is 10.6. The number of piperazine rings is 1. The summed E-state index contributed by atoms with van der Waals surface area (Å²) in [6.45, 7) is 2.85. The van der Waals surface area contributed by atoms with Crippen LogP contribution in [-0.4, -0.2) is 90.1 Å². The maximum Gasteiger partial charge on any atom is 0.254 e. The molecular weight excluding hydrogens is 437 g/mol. The molecular formula is C23H25ClFN3O4. The van der Waals surface area contributed by atoms with Crippen molar-refractivity contribution in [1.29, 1.82) is 0 Å². The number of β-amino-alcohol motifs (C(OH)–C–C–N with tert-alkyl or cyclic N) is 1. The van der Waals surface area contributed by atoms with Gasteiger partial charge in [-0.3, -0.25) is 14.5 Å². The number of hydrogen-bond acceptors (Lipinski definition) is 5. The first-order valence-corrected chi connectivity index (χ1v) is 10.8. The van der Waals surface area contributed by atoms with Gasteiger partial charge in [0.2, 0.25) is 0 Å². The summed E-state index contributed by atoms with van der Waals surface area (Å²) in [6.07, 6.45) is -0.695. The molecule has 2 fully saturated rings. The summed E-state index contributed by atoms with van der Waals surface area (Å²) >= 11 is 5.90. The first-order valence-electron chi connectivity index (χ1n) is 10.5. The number of methoxy groups -OCH3 is 1. The zero-order chi connectivity index (χ0) is 22.8. The average molecular weight is 462 g/mol. The number of carbonyl (C=O) groups excluding carboxylic acids is 2. The molecule has 2 aromatic carbocycles. The summed E-state index contributed by atoms with van der Waals surface area (Å²) in [4.78, 5) is 31.1. The number of aliphatic hydroxyl groups excluding tert-OH is 1. The van der Waals surface area contributed by atoms with E-state index in [2.05, 4.69) is 4.90 Å². The standard InChI is InChI=1S/C23H25ClFN3O4/c1-32-21-12-16(4-7-18(21)25)23(31)28-13-19(20(29)14-28)26-8-10-27(11-9-26)22(30)15-2-5-17(24)6-3-15/h2-7,12,19-20,29H,8-11,13-14H2,1H3. The highest BCUT2D eigenvalue weighted by atomic mass is 35.5. The van der Waals surface area contributed by atoms with Gasteiger partial charge in [0.1, 0.15) is 0 Å². The molecule has 170 valence electrons. The third kappa shape index (κ3) is 4.57. The van der Waals surface area contributed by atoms with Crippen molar-refractivity contribution in [3.63, 3.8) is 0 Å². The van der Waals surface area contributed by atoms with Crippen LogP contribution in [0, 0.1) is 5.82 Å². The van der Waals surface area contributed by atoms with Crippen molar-refractivity contribution in [2.24, 2.45) is 0 Å². The highest BCUT2D eigenvalue weighted by Gasteiger charge is 2.39. The fraction of sp³-hybridized carbons (Fsp3) is 0.391. The lowest BCUT2D eigenvalue weighted by Gasteiger charge is -2.38. The van der Waals surface area contributed by atoms with Crippen LogP contribution in [0.4, 0.5) is 4.39 Å². The Morgan fingerprint density at radius 3 is 2.25 bits per heavy atom. The lowest BCUT2D eigenvalue weighted by molar-refractivity contribution is 0.0376. The Morgan fingerprint density at radius 1 is 0.969 bits per heavy atom. The van der Waals surface area contributed by atoms with Crippen LogP contribution in [-0.2, 0) is 0 Å². The van der Waals surface area contributed by atoms with Crippen LogP contribution in [0.1, 0.15) is 20.7 Å². The second-order valence-electron chi connectivity index (χ2n) is 8.03. The number of hydrogen-bond donors (Lipinski definition) is 1. The Balaban J connectivity index is 1.36. The predicted octanol–water partition coefficient (Wildman–Crippen LogP) is 2.13. The lowest BCUT2D eigenvalue weighted by Crippen LogP contribution is -2.54. The van der Waals surface area contributed by atoms with Gasteiger partial charge in [0, 0.05) is 55.4 Å². The first kappa shape index (κ1) is 22.5. The van der Waals surface area contributed by atoms with Gasteiger partial charge in [-0.15, -0.1) is 0 Å². The molecule has 2 saturated heterocycles. The summed E-state index contributed by atoms with van der Waals surface area (Å²) in [5, 5.41) is 11.2. The number of halogens is 2. The van der Waals surface area contributed by atoms with E-state index in [1.165, 1.54) is 25.3 Å². The highest BCUT2D eigenvalue weighted by molar-refractivity contribution is 6.30. The molecule has 2 aromatic rings. The normalized spacial score (nSPS) is 21.6. The summed E-state index contributed by atoms with van der Waals surface area (Å²) < 4.78 is 18.6. The van der Waals surface area contributed by atoms with Gasteiger partial charge >= 0.3 is 0 Å². The Labute approximate surface area is 190 Å². The van der Waals surface area contributed by atoms with E-state index in [4.69, 9.17) is 16.3 Å². The second-order valence-corrected chi connectivity index (χ2v) is 8.47. The summed E-state index contributed by atoms with van der Waals surface area (Å²) in [7, 11) is 1.35. The monoisotopic (exact) mass is 461 g/mol. The number of ether oxygens (including phenoxy) is 1. The molecule has 4 rings (SSSR count). The molecule has 2 unspecified atom stereocenters. The molecule has 0 bridgehead atoms. The largest absolute Gasteiger partial charge is 0.494 e. The van der Waals surface area contributed by atoms with E-state index in [1.807, 2.05) is 0 Å². The molecule has 0 aromatic heterocycles. The molecule has 32 heavy (non-hydrogen) atoms. The first-order chi connectivity index (χ1) is 15.4. The van der Waals surface area contributed by atoms with E-state index in [0.29, 0.717) is 48.9 Å². The molecule has 9 heteroatoms. The average Bonchev–Trinajstić information content (AvgIpc) is 3.20. The van der Waals surface area contributed by atoms with Crippen LogP contribution in [0.3, 0.4) is 0 Å². The van der Waals surface area contributed by atoms with Gasteiger partial charge in [-0.05, 0) is 42.5 Å². The van der Waals surface area contributed by atoms with Gasteiger partial charge in [-0.2, -0.15) is 0 Å². The fourth-order valence-electron chi connectivity index (χ4n) is 4.30. The second kappa shape index (κ2) is 9.44. The molecule has 0 aliphatic carbocycles. The number of amides is 2. The van der Waals surface area contributed by atoms with Crippen LogP contribution in [0.25, 0.3) is 0 Å². The molecule has 1 N–H and O–H groups in total. The van der Waals surface area contributed by atoms with Crippen LogP contribution in [0.5, 0.6) is 5.75 Å². The molecule has 2 amide bonds. The maximum absolute atomic E-state index is 13.7. The Kier molecular flexibility index (Phi) is 6.64. The highest BCUT2D eigenvalue weighted by Crippen LogP contribution is 2.24. The van der Waals surface area contributed by atoms with Gasteiger partial charge in [-0.1, -0.05) is 11.6 Å². The quantitative estimate of drug-likeness (QED) is 0.755. The molecule has 0 spiro atoms. The minimum Gasteiger partial charge on any atom is -0.494 e. The maximum atomic E-state index is 13.7. The summed E-state index contributed by atoms with van der Waals surface area (Å²) in [5.41, 5.74) is 0.907.